The van der Waals surface area contributed by atoms with Crippen LogP contribution in [0.4, 0.5) is 0 Å². The second kappa shape index (κ2) is 7.22. The zero-order chi connectivity index (χ0) is 19.7. The molecule has 6 heteroatoms. The highest BCUT2D eigenvalue weighted by Crippen LogP contribution is 2.41. The largest absolute Gasteiger partial charge is 0.744 e. The zero-order valence-electron chi connectivity index (χ0n) is 14.9. The van der Waals surface area contributed by atoms with Crippen LogP contribution in [-0.2, 0) is 19.6 Å². The molecule has 1 saturated heterocycles. The fourth-order valence-corrected chi connectivity index (χ4v) is 4.42. The van der Waals surface area contributed by atoms with E-state index in [0.717, 1.165) is 0 Å². The number of carbonyl (C=O) groups is 1. The van der Waals surface area contributed by atoms with Gasteiger partial charge in [0.15, 0.2) is 0 Å². The minimum atomic E-state index is -4.77. The molecule has 1 unspecified atom stereocenters. The average Bonchev–Trinajstić information content (AvgIpc) is 3.14. The molecule has 3 aromatic carbocycles. The highest BCUT2D eigenvalue weighted by atomic mass is 32.2. The molecule has 5 nitrogen and oxygen atoms in total. The molecule has 0 N–H and O–H groups in total. The first-order valence-corrected chi connectivity index (χ1v) is 10.3. The molecule has 0 aromatic heterocycles. The molecule has 1 fully saturated rings. The fraction of sp³-hybridized carbons (Fsp3) is 0.136. The van der Waals surface area contributed by atoms with Crippen LogP contribution in [0.3, 0.4) is 0 Å². The zero-order valence-corrected chi connectivity index (χ0v) is 15.7. The Labute approximate surface area is 163 Å². The van der Waals surface area contributed by atoms with E-state index in [-0.39, 0.29) is 10.9 Å². The highest BCUT2D eigenvalue weighted by Gasteiger charge is 2.28. The van der Waals surface area contributed by atoms with Gasteiger partial charge in [-0.15, -0.1) is 0 Å². The SMILES string of the molecule is O=C1CCC(c2cc(-c3ccccc3)c(S(=O)(=O)[O-])c(-c3ccccc3)c2)O1. The van der Waals surface area contributed by atoms with Gasteiger partial charge in [-0.2, -0.15) is 0 Å². The molecule has 28 heavy (non-hydrogen) atoms. The molecule has 3 aromatic rings. The lowest BCUT2D eigenvalue weighted by Gasteiger charge is -2.21. The molecule has 1 aliphatic rings. The molecule has 0 spiro atoms. The molecule has 1 heterocycles. The van der Waals surface area contributed by atoms with Gasteiger partial charge >= 0.3 is 5.97 Å². The van der Waals surface area contributed by atoms with Gasteiger partial charge in [-0.25, -0.2) is 8.42 Å². The van der Waals surface area contributed by atoms with Crippen molar-refractivity contribution >= 4 is 16.1 Å². The van der Waals surface area contributed by atoms with Crippen molar-refractivity contribution in [3.8, 4) is 22.3 Å². The lowest BCUT2D eigenvalue weighted by Crippen LogP contribution is -2.07. The van der Waals surface area contributed by atoms with E-state index in [4.69, 9.17) is 4.74 Å². The van der Waals surface area contributed by atoms with Crippen LogP contribution in [0, 0.1) is 0 Å². The molecule has 0 amide bonds. The van der Waals surface area contributed by atoms with Crippen molar-refractivity contribution < 1.29 is 22.5 Å². The average molecular weight is 393 g/mol. The molecule has 1 atom stereocenters. The minimum absolute atomic E-state index is 0.266. The van der Waals surface area contributed by atoms with Gasteiger partial charge in [0.25, 0.3) is 0 Å². The summed E-state index contributed by atoms with van der Waals surface area (Å²) in [5, 5.41) is 0. The summed E-state index contributed by atoms with van der Waals surface area (Å²) in [5.74, 6) is -0.284. The summed E-state index contributed by atoms with van der Waals surface area (Å²) < 4.78 is 42.2. The molecule has 0 radical (unpaired) electrons. The quantitative estimate of drug-likeness (QED) is 0.487. The Morgan fingerprint density at radius 1 is 0.857 bits per heavy atom. The molecule has 142 valence electrons. The molecular formula is C22H17O5S-. The fourth-order valence-electron chi connectivity index (χ4n) is 3.53. The number of carbonyl (C=O) groups excluding carboxylic acids is 1. The van der Waals surface area contributed by atoms with Crippen molar-refractivity contribution in [1.29, 1.82) is 0 Å². The van der Waals surface area contributed by atoms with Gasteiger partial charge < -0.3 is 9.29 Å². The maximum Gasteiger partial charge on any atom is 0.306 e. The highest BCUT2D eigenvalue weighted by molar-refractivity contribution is 7.86. The normalized spacial score (nSPS) is 16.8. The summed E-state index contributed by atoms with van der Waals surface area (Å²) in [6, 6.07) is 21.1. The Balaban J connectivity index is 2.04. The summed E-state index contributed by atoms with van der Waals surface area (Å²) in [4.78, 5) is 11.3. The predicted molar refractivity (Wildman–Crippen MR) is 103 cm³/mol. The van der Waals surface area contributed by atoms with E-state index in [0.29, 0.717) is 40.7 Å². The second-order valence-electron chi connectivity index (χ2n) is 6.65. The van der Waals surface area contributed by atoms with Gasteiger partial charge in [0, 0.05) is 17.5 Å². The first-order chi connectivity index (χ1) is 13.4. The van der Waals surface area contributed by atoms with Crippen LogP contribution in [0.2, 0.25) is 0 Å². The Hall–Kier alpha value is -2.96. The van der Waals surface area contributed by atoms with Crippen molar-refractivity contribution in [3.05, 3.63) is 78.4 Å². The lowest BCUT2D eigenvalue weighted by molar-refractivity contribution is -0.141. The number of hydrogen-bond donors (Lipinski definition) is 0. The molecule has 0 bridgehead atoms. The van der Waals surface area contributed by atoms with Crippen LogP contribution in [0.15, 0.2) is 77.7 Å². The number of rotatable bonds is 4. The van der Waals surface area contributed by atoms with Gasteiger partial charge in [-0.1, -0.05) is 60.7 Å². The summed E-state index contributed by atoms with van der Waals surface area (Å²) >= 11 is 0. The molecule has 0 aliphatic carbocycles. The first kappa shape index (κ1) is 18.4. The van der Waals surface area contributed by atoms with E-state index in [9.17, 15) is 17.8 Å². The van der Waals surface area contributed by atoms with Crippen LogP contribution < -0.4 is 0 Å². The van der Waals surface area contributed by atoms with Gasteiger partial charge in [0.1, 0.15) is 16.2 Å². The van der Waals surface area contributed by atoms with Gasteiger partial charge in [0.2, 0.25) is 0 Å². The molecule has 0 saturated carbocycles. The first-order valence-electron chi connectivity index (χ1n) is 8.87. The molecule has 1 aliphatic heterocycles. The Morgan fingerprint density at radius 3 is 1.75 bits per heavy atom. The van der Waals surface area contributed by atoms with Crippen LogP contribution in [0.1, 0.15) is 24.5 Å². The number of esters is 1. The van der Waals surface area contributed by atoms with E-state index < -0.39 is 16.2 Å². The van der Waals surface area contributed by atoms with Crippen LogP contribution >= 0.6 is 0 Å². The Bertz CT molecular complexity index is 1060. The van der Waals surface area contributed by atoms with Crippen molar-refractivity contribution in [2.24, 2.45) is 0 Å². The van der Waals surface area contributed by atoms with E-state index >= 15 is 0 Å². The van der Waals surface area contributed by atoms with Gasteiger partial charge in [-0.05, 0) is 35.2 Å². The van der Waals surface area contributed by atoms with Crippen molar-refractivity contribution in [2.45, 2.75) is 23.8 Å². The second-order valence-corrected chi connectivity index (χ2v) is 7.96. The lowest BCUT2D eigenvalue weighted by atomic mass is 9.93. The van der Waals surface area contributed by atoms with Crippen molar-refractivity contribution in [2.75, 3.05) is 0 Å². The Kier molecular flexibility index (Phi) is 4.75. The van der Waals surface area contributed by atoms with Crippen LogP contribution in [0.5, 0.6) is 0 Å². The van der Waals surface area contributed by atoms with E-state index in [1.54, 1.807) is 60.7 Å². The van der Waals surface area contributed by atoms with Gasteiger partial charge in [-0.3, -0.25) is 4.79 Å². The smallest absolute Gasteiger partial charge is 0.306 e. The predicted octanol–water partition coefficient (Wildman–Crippen LogP) is 4.30. The monoisotopic (exact) mass is 393 g/mol. The molecular weight excluding hydrogens is 376 g/mol. The topological polar surface area (TPSA) is 83.5 Å². The van der Waals surface area contributed by atoms with Crippen LogP contribution in [-0.4, -0.2) is 18.9 Å². The number of ether oxygens (including phenoxy) is 1. The maximum atomic E-state index is 12.3. The van der Waals surface area contributed by atoms with E-state index in [1.807, 2.05) is 12.1 Å². The third-order valence-corrected chi connectivity index (χ3v) is 5.73. The number of cyclic esters (lactones) is 1. The van der Waals surface area contributed by atoms with Crippen LogP contribution in [0.25, 0.3) is 22.3 Å². The minimum Gasteiger partial charge on any atom is -0.744 e. The van der Waals surface area contributed by atoms with Crippen molar-refractivity contribution in [1.82, 2.24) is 0 Å². The van der Waals surface area contributed by atoms with Gasteiger partial charge in [0.05, 0.1) is 4.90 Å². The summed E-state index contributed by atoms with van der Waals surface area (Å²) in [6.07, 6.45) is 0.374. The van der Waals surface area contributed by atoms with Crippen molar-refractivity contribution in [3.63, 3.8) is 0 Å². The van der Waals surface area contributed by atoms with E-state index in [2.05, 4.69) is 0 Å². The van der Waals surface area contributed by atoms with E-state index in [1.165, 1.54) is 0 Å². The standard InChI is InChI=1S/C22H18O5S/c23-21-12-11-20(27-21)17-13-18(15-7-3-1-4-8-15)22(28(24,25)26)19(14-17)16-9-5-2-6-10-16/h1-10,13-14,20H,11-12H2,(H,24,25,26)/p-1. The Morgan fingerprint density at radius 2 is 1.36 bits per heavy atom. The third kappa shape index (κ3) is 3.56. The third-order valence-electron chi connectivity index (χ3n) is 4.79. The molecule has 4 rings (SSSR count). The summed E-state index contributed by atoms with van der Waals surface area (Å²) in [7, 11) is -4.77. The maximum absolute atomic E-state index is 12.3. The summed E-state index contributed by atoms with van der Waals surface area (Å²) in [5.41, 5.74) is 2.53. The number of benzene rings is 3. The number of hydrogen-bond acceptors (Lipinski definition) is 5. The summed E-state index contributed by atoms with van der Waals surface area (Å²) in [6.45, 7) is 0.